The Morgan fingerprint density at radius 1 is 1.61 bits per heavy atom. The maximum Gasteiger partial charge on any atom is 0.172 e. The predicted octanol–water partition coefficient (Wildman–Crippen LogP) is 1.77. The van der Waals surface area contributed by atoms with Crippen LogP contribution < -0.4 is 10.6 Å². The number of morpholine rings is 1. The monoisotopic (exact) mass is 313 g/mol. The second-order valence-electron chi connectivity index (χ2n) is 4.26. The lowest BCUT2D eigenvalue weighted by Gasteiger charge is -2.36. The zero-order chi connectivity index (χ0) is 13.1. The molecule has 98 valence electrons. The molecule has 6 heteroatoms. The zero-order valence-corrected chi connectivity index (χ0v) is 11.7. The van der Waals surface area contributed by atoms with Gasteiger partial charge in [-0.3, -0.25) is 0 Å². The summed E-state index contributed by atoms with van der Waals surface area (Å²) in [5.74, 6) is 0.121. The number of benzene rings is 1. The molecule has 1 heterocycles. The number of hydrogen-bond acceptors (Lipinski definition) is 4. The van der Waals surface area contributed by atoms with Gasteiger partial charge in [0.2, 0.25) is 0 Å². The number of anilines is 1. The molecular formula is C12H16BrN3O2. The van der Waals surface area contributed by atoms with Crippen LogP contribution in [0.25, 0.3) is 0 Å². The fourth-order valence-corrected chi connectivity index (χ4v) is 2.45. The molecule has 5 nitrogen and oxygen atoms in total. The van der Waals surface area contributed by atoms with Crippen molar-refractivity contribution < 1.29 is 9.94 Å². The van der Waals surface area contributed by atoms with E-state index in [4.69, 9.17) is 15.7 Å². The van der Waals surface area contributed by atoms with E-state index in [1.54, 1.807) is 0 Å². The van der Waals surface area contributed by atoms with Crippen molar-refractivity contribution in [2.45, 2.75) is 13.0 Å². The third kappa shape index (κ3) is 2.59. The van der Waals surface area contributed by atoms with Gasteiger partial charge in [-0.05, 0) is 25.1 Å². The van der Waals surface area contributed by atoms with Gasteiger partial charge in [0.05, 0.1) is 13.2 Å². The lowest BCUT2D eigenvalue weighted by atomic mass is 10.1. The summed E-state index contributed by atoms with van der Waals surface area (Å²) in [4.78, 5) is 2.21. The zero-order valence-electron chi connectivity index (χ0n) is 10.1. The van der Waals surface area contributed by atoms with E-state index in [9.17, 15) is 0 Å². The lowest BCUT2D eigenvalue weighted by Crippen LogP contribution is -2.44. The summed E-state index contributed by atoms with van der Waals surface area (Å²) >= 11 is 3.45. The summed E-state index contributed by atoms with van der Waals surface area (Å²) in [5.41, 5.74) is 7.41. The van der Waals surface area contributed by atoms with E-state index in [0.29, 0.717) is 13.2 Å². The van der Waals surface area contributed by atoms with E-state index in [-0.39, 0.29) is 11.9 Å². The number of nitrogens with zero attached hydrogens (tertiary/aromatic N) is 2. The molecule has 1 unspecified atom stereocenters. The van der Waals surface area contributed by atoms with Crippen molar-refractivity contribution in [2.75, 3.05) is 24.7 Å². The quantitative estimate of drug-likeness (QED) is 0.378. The van der Waals surface area contributed by atoms with Gasteiger partial charge >= 0.3 is 0 Å². The summed E-state index contributed by atoms with van der Waals surface area (Å²) in [6.07, 6.45) is 0. The maximum absolute atomic E-state index is 8.85. The first-order chi connectivity index (χ1) is 8.63. The van der Waals surface area contributed by atoms with Gasteiger partial charge in [0.1, 0.15) is 0 Å². The van der Waals surface area contributed by atoms with Gasteiger partial charge in [0, 0.05) is 28.3 Å². The molecule has 0 aromatic heterocycles. The molecule has 3 N–H and O–H groups in total. The molecule has 1 saturated heterocycles. The van der Waals surface area contributed by atoms with E-state index in [1.165, 1.54) is 0 Å². The molecule has 1 atom stereocenters. The Hall–Kier alpha value is -1.27. The van der Waals surface area contributed by atoms with Crippen molar-refractivity contribution in [1.82, 2.24) is 0 Å². The smallest absolute Gasteiger partial charge is 0.172 e. The van der Waals surface area contributed by atoms with Gasteiger partial charge in [-0.25, -0.2) is 0 Å². The van der Waals surface area contributed by atoms with E-state index < -0.39 is 0 Å². The third-order valence-electron chi connectivity index (χ3n) is 3.02. The molecule has 0 bridgehead atoms. The molecule has 0 radical (unpaired) electrons. The molecule has 1 aromatic rings. The molecule has 1 aromatic carbocycles. The van der Waals surface area contributed by atoms with Crippen LogP contribution in [-0.2, 0) is 4.74 Å². The Morgan fingerprint density at radius 2 is 2.39 bits per heavy atom. The van der Waals surface area contributed by atoms with Crippen molar-refractivity contribution in [3.05, 3.63) is 28.2 Å². The molecular weight excluding hydrogens is 298 g/mol. The second-order valence-corrected chi connectivity index (χ2v) is 5.18. The highest BCUT2D eigenvalue weighted by atomic mass is 79.9. The van der Waals surface area contributed by atoms with Gasteiger partial charge in [0.25, 0.3) is 0 Å². The molecule has 1 fully saturated rings. The number of halogens is 1. The maximum atomic E-state index is 8.85. The average molecular weight is 314 g/mol. The lowest BCUT2D eigenvalue weighted by molar-refractivity contribution is 0.0989. The van der Waals surface area contributed by atoms with Crippen molar-refractivity contribution in [3.63, 3.8) is 0 Å². The van der Waals surface area contributed by atoms with Gasteiger partial charge in [-0.15, -0.1) is 0 Å². The van der Waals surface area contributed by atoms with Crippen LogP contribution in [-0.4, -0.2) is 36.8 Å². The first kappa shape index (κ1) is 13.2. The molecule has 0 spiro atoms. The second kappa shape index (κ2) is 5.58. The van der Waals surface area contributed by atoms with Gasteiger partial charge in [-0.2, -0.15) is 0 Å². The van der Waals surface area contributed by atoms with E-state index in [1.807, 2.05) is 18.2 Å². The number of hydrogen-bond donors (Lipinski definition) is 2. The summed E-state index contributed by atoms with van der Waals surface area (Å²) < 4.78 is 6.39. The van der Waals surface area contributed by atoms with Crippen LogP contribution in [0, 0.1) is 0 Å². The number of rotatable bonds is 2. The fraction of sp³-hybridized carbons (Fsp3) is 0.417. The predicted molar refractivity (Wildman–Crippen MR) is 74.3 cm³/mol. The van der Waals surface area contributed by atoms with Crippen LogP contribution in [0.15, 0.2) is 27.8 Å². The normalized spacial score (nSPS) is 21.1. The highest BCUT2D eigenvalue weighted by Gasteiger charge is 2.22. The molecule has 1 aliphatic heterocycles. The minimum absolute atomic E-state index is 0.121. The standard InChI is InChI=1S/C12H16BrN3O2/c1-8-7-18-5-4-16(8)11-6-9(13)2-3-10(11)12(14)15-17/h2-3,6,8,17H,4-5,7H2,1H3,(H2,14,15). The Balaban J connectivity index is 2.44. The summed E-state index contributed by atoms with van der Waals surface area (Å²) in [5, 5.41) is 11.9. The Labute approximate surface area is 114 Å². The SMILES string of the molecule is CC1COCCN1c1cc(Br)ccc1/C(N)=N/O. The Kier molecular flexibility index (Phi) is 4.08. The van der Waals surface area contributed by atoms with Crippen molar-refractivity contribution >= 4 is 27.5 Å². The minimum atomic E-state index is 0.121. The van der Waals surface area contributed by atoms with Crippen molar-refractivity contribution in [2.24, 2.45) is 10.9 Å². The van der Waals surface area contributed by atoms with Gasteiger partial charge in [0.15, 0.2) is 5.84 Å². The first-order valence-electron chi connectivity index (χ1n) is 5.75. The number of oxime groups is 1. The van der Waals surface area contributed by atoms with Crippen molar-refractivity contribution in [3.8, 4) is 0 Å². The molecule has 2 rings (SSSR count). The summed E-state index contributed by atoms with van der Waals surface area (Å²) in [7, 11) is 0. The molecule has 18 heavy (non-hydrogen) atoms. The highest BCUT2D eigenvalue weighted by Crippen LogP contribution is 2.28. The molecule has 1 aliphatic rings. The number of ether oxygens (including phenoxy) is 1. The van der Waals surface area contributed by atoms with Crippen LogP contribution in [0.1, 0.15) is 12.5 Å². The molecule has 0 amide bonds. The highest BCUT2D eigenvalue weighted by molar-refractivity contribution is 9.10. The summed E-state index contributed by atoms with van der Waals surface area (Å²) in [6, 6.07) is 5.96. The van der Waals surface area contributed by atoms with Crippen LogP contribution >= 0.6 is 15.9 Å². The van der Waals surface area contributed by atoms with Crippen LogP contribution in [0.3, 0.4) is 0 Å². The Bertz CT molecular complexity index is 465. The number of nitrogens with two attached hydrogens (primary N) is 1. The third-order valence-corrected chi connectivity index (χ3v) is 3.51. The van der Waals surface area contributed by atoms with Crippen LogP contribution in [0.2, 0.25) is 0 Å². The number of amidine groups is 1. The average Bonchev–Trinajstić information content (AvgIpc) is 2.38. The largest absolute Gasteiger partial charge is 0.409 e. The van der Waals surface area contributed by atoms with Gasteiger partial charge in [-0.1, -0.05) is 21.1 Å². The van der Waals surface area contributed by atoms with Gasteiger partial charge < -0.3 is 20.6 Å². The first-order valence-corrected chi connectivity index (χ1v) is 6.54. The molecule has 0 aliphatic carbocycles. The van der Waals surface area contributed by atoms with E-state index >= 15 is 0 Å². The topological polar surface area (TPSA) is 71.1 Å². The van der Waals surface area contributed by atoms with E-state index in [0.717, 1.165) is 22.3 Å². The summed E-state index contributed by atoms with van der Waals surface area (Å²) in [6.45, 7) is 4.26. The van der Waals surface area contributed by atoms with Crippen LogP contribution in [0.4, 0.5) is 5.69 Å². The Morgan fingerprint density at radius 3 is 3.06 bits per heavy atom. The van der Waals surface area contributed by atoms with E-state index in [2.05, 4.69) is 32.9 Å². The molecule has 0 saturated carbocycles. The fourth-order valence-electron chi connectivity index (χ4n) is 2.10. The van der Waals surface area contributed by atoms with Crippen LogP contribution in [0.5, 0.6) is 0 Å². The minimum Gasteiger partial charge on any atom is -0.409 e. The van der Waals surface area contributed by atoms with Crippen molar-refractivity contribution in [1.29, 1.82) is 0 Å².